The average Bonchev–Trinajstić information content (AvgIpc) is 2.27. The maximum atomic E-state index is 10.4. The standard InChI is InChI=1S/C13H16O3/c1-2-8-16-10-12-5-3-4-11(9-12)6-7-13(14)15/h3-7,9H,2,8,10H2,1H3,(H,14,15). The lowest BCUT2D eigenvalue weighted by Crippen LogP contribution is -1.94. The van der Waals surface area contributed by atoms with Gasteiger partial charge in [0.25, 0.3) is 0 Å². The highest BCUT2D eigenvalue weighted by atomic mass is 16.5. The summed E-state index contributed by atoms with van der Waals surface area (Å²) in [5, 5.41) is 8.51. The molecular weight excluding hydrogens is 204 g/mol. The van der Waals surface area contributed by atoms with Crippen molar-refractivity contribution in [3.8, 4) is 0 Å². The summed E-state index contributed by atoms with van der Waals surface area (Å²) in [7, 11) is 0. The normalized spacial score (nSPS) is 10.8. The molecule has 0 bridgehead atoms. The summed E-state index contributed by atoms with van der Waals surface area (Å²) in [6, 6.07) is 7.65. The molecular formula is C13H16O3. The summed E-state index contributed by atoms with van der Waals surface area (Å²) in [4.78, 5) is 10.4. The van der Waals surface area contributed by atoms with Gasteiger partial charge in [0.15, 0.2) is 0 Å². The molecule has 0 atom stereocenters. The monoisotopic (exact) mass is 220 g/mol. The molecule has 1 aromatic carbocycles. The van der Waals surface area contributed by atoms with Crippen molar-refractivity contribution in [3.63, 3.8) is 0 Å². The van der Waals surface area contributed by atoms with Gasteiger partial charge in [-0.2, -0.15) is 0 Å². The van der Waals surface area contributed by atoms with Gasteiger partial charge in [-0.15, -0.1) is 0 Å². The summed E-state index contributed by atoms with van der Waals surface area (Å²) in [6.07, 6.45) is 3.70. The van der Waals surface area contributed by atoms with E-state index in [4.69, 9.17) is 9.84 Å². The minimum Gasteiger partial charge on any atom is -0.478 e. The number of carboxylic acid groups (broad SMARTS) is 1. The zero-order valence-corrected chi connectivity index (χ0v) is 9.35. The second-order valence-corrected chi connectivity index (χ2v) is 3.47. The predicted molar refractivity (Wildman–Crippen MR) is 63.1 cm³/mol. The third-order valence-electron chi connectivity index (χ3n) is 1.99. The zero-order chi connectivity index (χ0) is 11.8. The molecule has 0 aromatic heterocycles. The van der Waals surface area contributed by atoms with Gasteiger partial charge >= 0.3 is 5.97 Å². The SMILES string of the molecule is CCCOCc1cccc(C=CC(=O)O)c1. The van der Waals surface area contributed by atoms with Crippen molar-refractivity contribution in [1.82, 2.24) is 0 Å². The Bertz CT molecular complexity index is 369. The van der Waals surface area contributed by atoms with E-state index in [9.17, 15) is 4.79 Å². The van der Waals surface area contributed by atoms with Crippen LogP contribution >= 0.6 is 0 Å². The maximum absolute atomic E-state index is 10.4. The van der Waals surface area contributed by atoms with Crippen LogP contribution in [0.2, 0.25) is 0 Å². The van der Waals surface area contributed by atoms with E-state index in [1.165, 1.54) is 0 Å². The van der Waals surface area contributed by atoms with Gasteiger partial charge in [-0.05, 0) is 29.7 Å². The highest BCUT2D eigenvalue weighted by molar-refractivity contribution is 5.85. The minimum atomic E-state index is -0.937. The highest BCUT2D eigenvalue weighted by Crippen LogP contribution is 2.08. The molecule has 0 aliphatic rings. The number of carboxylic acids is 1. The number of benzene rings is 1. The fourth-order valence-electron chi connectivity index (χ4n) is 1.29. The van der Waals surface area contributed by atoms with E-state index in [1.807, 2.05) is 24.3 Å². The van der Waals surface area contributed by atoms with E-state index in [1.54, 1.807) is 6.08 Å². The van der Waals surface area contributed by atoms with Crippen molar-refractivity contribution in [2.45, 2.75) is 20.0 Å². The van der Waals surface area contributed by atoms with Crippen molar-refractivity contribution in [1.29, 1.82) is 0 Å². The fraction of sp³-hybridized carbons (Fsp3) is 0.308. The van der Waals surface area contributed by atoms with Gasteiger partial charge < -0.3 is 9.84 Å². The first-order valence-electron chi connectivity index (χ1n) is 5.30. The molecule has 0 radical (unpaired) electrons. The first-order chi connectivity index (χ1) is 7.72. The molecule has 0 aliphatic heterocycles. The number of rotatable bonds is 6. The van der Waals surface area contributed by atoms with E-state index >= 15 is 0 Å². The molecule has 0 unspecified atom stereocenters. The van der Waals surface area contributed by atoms with E-state index < -0.39 is 5.97 Å². The van der Waals surface area contributed by atoms with E-state index in [0.29, 0.717) is 6.61 Å². The van der Waals surface area contributed by atoms with Gasteiger partial charge in [0.2, 0.25) is 0 Å². The van der Waals surface area contributed by atoms with Crippen LogP contribution < -0.4 is 0 Å². The van der Waals surface area contributed by atoms with Gasteiger partial charge in [0, 0.05) is 12.7 Å². The molecule has 0 saturated carbocycles. The number of carbonyl (C=O) groups is 1. The Balaban J connectivity index is 2.60. The Hall–Kier alpha value is -1.61. The second kappa shape index (κ2) is 6.80. The molecule has 1 rings (SSSR count). The van der Waals surface area contributed by atoms with Crippen LogP contribution in [0, 0.1) is 0 Å². The lowest BCUT2D eigenvalue weighted by atomic mass is 10.1. The summed E-state index contributed by atoms with van der Waals surface area (Å²) in [6.45, 7) is 3.38. The van der Waals surface area contributed by atoms with Crippen molar-refractivity contribution in [2.24, 2.45) is 0 Å². The lowest BCUT2D eigenvalue weighted by Gasteiger charge is -2.03. The topological polar surface area (TPSA) is 46.5 Å². The fourth-order valence-corrected chi connectivity index (χ4v) is 1.29. The van der Waals surface area contributed by atoms with Crippen LogP contribution in [0.3, 0.4) is 0 Å². The molecule has 3 heteroatoms. The quantitative estimate of drug-likeness (QED) is 0.592. The molecule has 0 saturated heterocycles. The molecule has 0 fully saturated rings. The Morgan fingerprint density at radius 3 is 3.00 bits per heavy atom. The van der Waals surface area contributed by atoms with Gasteiger partial charge in [-0.25, -0.2) is 4.79 Å². The Morgan fingerprint density at radius 2 is 2.31 bits per heavy atom. The maximum Gasteiger partial charge on any atom is 0.328 e. The molecule has 3 nitrogen and oxygen atoms in total. The molecule has 0 aliphatic carbocycles. The lowest BCUT2D eigenvalue weighted by molar-refractivity contribution is -0.131. The summed E-state index contributed by atoms with van der Waals surface area (Å²) in [5.41, 5.74) is 1.93. The Morgan fingerprint density at radius 1 is 1.50 bits per heavy atom. The molecule has 0 spiro atoms. The van der Waals surface area contributed by atoms with Crippen molar-refractivity contribution in [3.05, 3.63) is 41.5 Å². The van der Waals surface area contributed by atoms with Crippen LogP contribution in [0.15, 0.2) is 30.3 Å². The third kappa shape index (κ3) is 4.75. The van der Waals surface area contributed by atoms with E-state index in [0.717, 1.165) is 30.2 Å². The molecule has 0 heterocycles. The zero-order valence-electron chi connectivity index (χ0n) is 9.35. The van der Waals surface area contributed by atoms with Crippen LogP contribution in [0.1, 0.15) is 24.5 Å². The summed E-state index contributed by atoms with van der Waals surface area (Å²) < 4.78 is 5.41. The first-order valence-corrected chi connectivity index (χ1v) is 5.30. The molecule has 0 amide bonds. The van der Waals surface area contributed by atoms with Crippen LogP contribution in [0.25, 0.3) is 6.08 Å². The molecule has 16 heavy (non-hydrogen) atoms. The first kappa shape index (κ1) is 12.5. The van der Waals surface area contributed by atoms with Gasteiger partial charge in [-0.3, -0.25) is 0 Å². The largest absolute Gasteiger partial charge is 0.478 e. The number of aliphatic carboxylic acids is 1. The highest BCUT2D eigenvalue weighted by Gasteiger charge is 1.94. The number of ether oxygens (including phenoxy) is 1. The van der Waals surface area contributed by atoms with Crippen molar-refractivity contribution in [2.75, 3.05) is 6.61 Å². The smallest absolute Gasteiger partial charge is 0.328 e. The minimum absolute atomic E-state index is 0.572. The van der Waals surface area contributed by atoms with Crippen LogP contribution in [0.4, 0.5) is 0 Å². The third-order valence-corrected chi connectivity index (χ3v) is 1.99. The van der Waals surface area contributed by atoms with Crippen LogP contribution in [0.5, 0.6) is 0 Å². The van der Waals surface area contributed by atoms with E-state index in [-0.39, 0.29) is 0 Å². The molecule has 86 valence electrons. The van der Waals surface area contributed by atoms with Crippen molar-refractivity contribution >= 4 is 12.0 Å². The summed E-state index contributed by atoms with van der Waals surface area (Å²) >= 11 is 0. The second-order valence-electron chi connectivity index (χ2n) is 3.47. The van der Waals surface area contributed by atoms with Gasteiger partial charge in [-0.1, -0.05) is 25.1 Å². The van der Waals surface area contributed by atoms with Gasteiger partial charge in [0.05, 0.1) is 6.61 Å². The Kier molecular flexibility index (Phi) is 5.29. The van der Waals surface area contributed by atoms with Crippen LogP contribution in [-0.4, -0.2) is 17.7 Å². The summed E-state index contributed by atoms with van der Waals surface area (Å²) in [5.74, 6) is -0.937. The molecule has 1 N–H and O–H groups in total. The number of hydrogen-bond donors (Lipinski definition) is 1. The number of hydrogen-bond acceptors (Lipinski definition) is 2. The Labute approximate surface area is 95.4 Å². The van der Waals surface area contributed by atoms with Crippen molar-refractivity contribution < 1.29 is 14.6 Å². The predicted octanol–water partition coefficient (Wildman–Crippen LogP) is 2.71. The van der Waals surface area contributed by atoms with Gasteiger partial charge in [0.1, 0.15) is 0 Å². The van der Waals surface area contributed by atoms with Crippen LogP contribution in [-0.2, 0) is 16.1 Å². The molecule has 1 aromatic rings. The average molecular weight is 220 g/mol. The van der Waals surface area contributed by atoms with E-state index in [2.05, 4.69) is 6.92 Å².